The summed E-state index contributed by atoms with van der Waals surface area (Å²) in [5.74, 6) is 1.65. The maximum absolute atomic E-state index is 5.89. The van der Waals surface area contributed by atoms with Gasteiger partial charge in [0.05, 0.1) is 17.8 Å². The van der Waals surface area contributed by atoms with Crippen LogP contribution in [0.4, 0.5) is 5.82 Å². The van der Waals surface area contributed by atoms with Crippen molar-refractivity contribution in [2.45, 2.75) is 38.3 Å². The summed E-state index contributed by atoms with van der Waals surface area (Å²) in [6.45, 7) is 2.86. The Balaban J connectivity index is 1.67. The van der Waals surface area contributed by atoms with E-state index in [1.165, 1.54) is 18.2 Å². The molecule has 1 saturated heterocycles. The minimum absolute atomic E-state index is 0.358. The third-order valence-electron chi connectivity index (χ3n) is 4.42. The SMILES string of the molecule is Cc1nnc(NC2CCOC2C2CC2)c2ccccc12. The molecule has 1 aromatic carbocycles. The van der Waals surface area contributed by atoms with Crippen molar-refractivity contribution in [2.75, 3.05) is 11.9 Å². The number of fused-ring (bicyclic) bond motifs is 1. The van der Waals surface area contributed by atoms with E-state index in [9.17, 15) is 0 Å². The largest absolute Gasteiger partial charge is 0.376 e. The number of hydrogen-bond donors (Lipinski definition) is 1. The molecule has 2 heterocycles. The number of hydrogen-bond acceptors (Lipinski definition) is 4. The molecule has 4 rings (SSSR count). The van der Waals surface area contributed by atoms with Crippen LogP contribution in [-0.4, -0.2) is 29.0 Å². The van der Waals surface area contributed by atoms with Gasteiger partial charge in [-0.15, -0.1) is 5.10 Å². The van der Waals surface area contributed by atoms with Crippen molar-refractivity contribution in [3.8, 4) is 0 Å². The van der Waals surface area contributed by atoms with Gasteiger partial charge in [-0.2, -0.15) is 5.10 Å². The summed E-state index contributed by atoms with van der Waals surface area (Å²) < 4.78 is 5.89. The Labute approximate surface area is 118 Å². The van der Waals surface area contributed by atoms with Crippen molar-refractivity contribution in [2.24, 2.45) is 5.92 Å². The normalized spacial score (nSPS) is 26.1. The van der Waals surface area contributed by atoms with Crippen molar-refractivity contribution in [3.05, 3.63) is 30.0 Å². The van der Waals surface area contributed by atoms with Crippen LogP contribution in [0.3, 0.4) is 0 Å². The van der Waals surface area contributed by atoms with Crippen LogP contribution in [0.2, 0.25) is 0 Å². The smallest absolute Gasteiger partial charge is 0.156 e. The lowest BCUT2D eigenvalue weighted by Crippen LogP contribution is -2.31. The fourth-order valence-corrected chi connectivity index (χ4v) is 3.18. The van der Waals surface area contributed by atoms with Crippen molar-refractivity contribution in [3.63, 3.8) is 0 Å². The fraction of sp³-hybridized carbons (Fsp3) is 0.500. The third kappa shape index (κ3) is 2.04. The van der Waals surface area contributed by atoms with Crippen LogP contribution < -0.4 is 5.32 Å². The first-order chi connectivity index (χ1) is 9.83. The highest BCUT2D eigenvalue weighted by Gasteiger charge is 2.40. The van der Waals surface area contributed by atoms with Gasteiger partial charge >= 0.3 is 0 Å². The highest BCUT2D eigenvalue weighted by atomic mass is 16.5. The molecule has 1 aliphatic heterocycles. The molecule has 4 nitrogen and oxygen atoms in total. The second-order valence-electron chi connectivity index (χ2n) is 5.89. The van der Waals surface area contributed by atoms with Crippen molar-refractivity contribution < 1.29 is 4.74 Å². The predicted molar refractivity (Wildman–Crippen MR) is 78.8 cm³/mol. The number of nitrogens with zero attached hydrogens (tertiary/aromatic N) is 2. The molecule has 1 N–H and O–H groups in total. The molecule has 0 radical (unpaired) electrons. The molecule has 2 aliphatic rings. The summed E-state index contributed by atoms with van der Waals surface area (Å²) in [5, 5.41) is 14.6. The molecule has 1 aromatic heterocycles. The zero-order valence-corrected chi connectivity index (χ0v) is 11.7. The standard InChI is InChI=1S/C16H19N3O/c1-10-12-4-2-3-5-13(12)16(19-18-10)17-14-8-9-20-15(14)11-6-7-11/h2-5,11,14-15H,6-9H2,1H3,(H,17,19). The van der Waals surface area contributed by atoms with E-state index in [4.69, 9.17) is 4.74 Å². The topological polar surface area (TPSA) is 47.0 Å². The number of nitrogens with one attached hydrogen (secondary N) is 1. The van der Waals surface area contributed by atoms with Crippen molar-refractivity contribution in [1.82, 2.24) is 10.2 Å². The summed E-state index contributed by atoms with van der Waals surface area (Å²) in [7, 11) is 0. The quantitative estimate of drug-likeness (QED) is 0.930. The zero-order chi connectivity index (χ0) is 13.5. The lowest BCUT2D eigenvalue weighted by molar-refractivity contribution is 0.0898. The second kappa shape index (κ2) is 4.70. The van der Waals surface area contributed by atoms with E-state index in [1.54, 1.807) is 0 Å². The van der Waals surface area contributed by atoms with E-state index in [0.29, 0.717) is 12.1 Å². The highest BCUT2D eigenvalue weighted by Crippen LogP contribution is 2.39. The highest BCUT2D eigenvalue weighted by molar-refractivity contribution is 5.92. The zero-order valence-electron chi connectivity index (χ0n) is 11.7. The van der Waals surface area contributed by atoms with Gasteiger partial charge < -0.3 is 10.1 Å². The van der Waals surface area contributed by atoms with Crippen LogP contribution in [0.5, 0.6) is 0 Å². The van der Waals surface area contributed by atoms with E-state index in [-0.39, 0.29) is 0 Å². The Kier molecular flexibility index (Phi) is 2.84. The molecular weight excluding hydrogens is 250 g/mol. The Bertz CT molecular complexity index is 639. The van der Waals surface area contributed by atoms with Crippen LogP contribution in [-0.2, 0) is 4.74 Å². The molecule has 20 heavy (non-hydrogen) atoms. The van der Waals surface area contributed by atoms with Crippen molar-refractivity contribution >= 4 is 16.6 Å². The fourth-order valence-electron chi connectivity index (χ4n) is 3.18. The molecule has 0 spiro atoms. The van der Waals surface area contributed by atoms with E-state index in [1.807, 2.05) is 13.0 Å². The van der Waals surface area contributed by atoms with E-state index < -0.39 is 0 Å². The van der Waals surface area contributed by atoms with E-state index in [2.05, 4.69) is 33.7 Å². The molecule has 2 atom stereocenters. The molecule has 1 aliphatic carbocycles. The maximum atomic E-state index is 5.89. The Morgan fingerprint density at radius 2 is 1.90 bits per heavy atom. The molecule has 1 saturated carbocycles. The molecular formula is C16H19N3O. The van der Waals surface area contributed by atoms with Crippen molar-refractivity contribution in [1.29, 1.82) is 0 Å². The summed E-state index contributed by atoms with van der Waals surface area (Å²) >= 11 is 0. The molecule has 2 aromatic rings. The van der Waals surface area contributed by atoms with Crippen LogP contribution in [0.1, 0.15) is 25.0 Å². The average Bonchev–Trinajstić information content (AvgIpc) is 3.22. The first-order valence-corrected chi connectivity index (χ1v) is 7.43. The third-order valence-corrected chi connectivity index (χ3v) is 4.42. The van der Waals surface area contributed by atoms with Gasteiger partial charge in [0.2, 0.25) is 0 Å². The van der Waals surface area contributed by atoms with E-state index in [0.717, 1.165) is 35.8 Å². The lowest BCUT2D eigenvalue weighted by Gasteiger charge is -2.20. The second-order valence-corrected chi connectivity index (χ2v) is 5.89. The van der Waals surface area contributed by atoms with Gasteiger partial charge in [0, 0.05) is 17.4 Å². The Morgan fingerprint density at radius 3 is 2.70 bits per heavy atom. The molecule has 2 fully saturated rings. The van der Waals surface area contributed by atoms with Gasteiger partial charge in [-0.3, -0.25) is 0 Å². The molecule has 2 unspecified atom stereocenters. The number of rotatable bonds is 3. The van der Waals surface area contributed by atoms with Crippen LogP contribution in [0.15, 0.2) is 24.3 Å². The Morgan fingerprint density at radius 1 is 1.10 bits per heavy atom. The molecule has 4 heteroatoms. The minimum Gasteiger partial charge on any atom is -0.376 e. The van der Waals surface area contributed by atoms with Crippen LogP contribution in [0, 0.1) is 12.8 Å². The van der Waals surface area contributed by atoms with Gasteiger partial charge in [0.1, 0.15) is 0 Å². The van der Waals surface area contributed by atoms with Crippen LogP contribution >= 0.6 is 0 Å². The first-order valence-electron chi connectivity index (χ1n) is 7.43. The number of ether oxygens (including phenoxy) is 1. The lowest BCUT2D eigenvalue weighted by atomic mass is 10.1. The first kappa shape index (κ1) is 12.1. The number of anilines is 1. The summed E-state index contributed by atoms with van der Waals surface area (Å²) in [4.78, 5) is 0. The van der Waals surface area contributed by atoms with Gasteiger partial charge in [0.15, 0.2) is 5.82 Å². The monoisotopic (exact) mass is 269 g/mol. The van der Waals surface area contributed by atoms with Crippen LogP contribution in [0.25, 0.3) is 10.8 Å². The van der Waals surface area contributed by atoms with E-state index >= 15 is 0 Å². The maximum Gasteiger partial charge on any atom is 0.156 e. The van der Waals surface area contributed by atoms with Gasteiger partial charge in [-0.1, -0.05) is 24.3 Å². The summed E-state index contributed by atoms with van der Waals surface area (Å²) in [6, 6.07) is 8.70. The molecule has 104 valence electrons. The average molecular weight is 269 g/mol. The number of aryl methyl sites for hydroxylation is 1. The summed E-state index contributed by atoms with van der Waals surface area (Å²) in [6.07, 6.45) is 4.04. The predicted octanol–water partition coefficient (Wildman–Crippen LogP) is 2.92. The summed E-state index contributed by atoms with van der Waals surface area (Å²) in [5.41, 5.74) is 0.979. The number of aromatic nitrogens is 2. The number of benzene rings is 1. The molecule has 0 bridgehead atoms. The van der Waals surface area contributed by atoms with Gasteiger partial charge in [-0.05, 0) is 32.1 Å². The van der Waals surface area contributed by atoms with Gasteiger partial charge in [0.25, 0.3) is 0 Å². The Hall–Kier alpha value is -1.68. The minimum atomic E-state index is 0.358. The molecule has 0 amide bonds. The van der Waals surface area contributed by atoms with Gasteiger partial charge in [-0.25, -0.2) is 0 Å².